The van der Waals surface area contributed by atoms with Crippen LogP contribution in [0.2, 0.25) is 5.02 Å². The highest BCUT2D eigenvalue weighted by Crippen LogP contribution is 2.41. The van der Waals surface area contributed by atoms with E-state index in [-0.39, 0.29) is 13.0 Å². The summed E-state index contributed by atoms with van der Waals surface area (Å²) in [6, 6.07) is 1.89. The van der Waals surface area contributed by atoms with Gasteiger partial charge in [0, 0.05) is 31.0 Å². The standard InChI is InChI=1S/C25H27ClF3N9/c1-14-4-6-15(7-5-14)13-38-22-18(32-24(38)37-8-2-3-20(37)25(27,28)29)10-19(23-33-35-36-34-23)31-21(22)16-9-17(26)12-30-11-16/h9-12,14-15,20H,2-8,13H2,1H3,(H,33,34,35,36)/t14-,15-,20?. The Hall–Kier alpha value is -3.28. The van der Waals surface area contributed by atoms with Crippen LogP contribution in [-0.4, -0.2) is 58.9 Å². The Morgan fingerprint density at radius 2 is 1.89 bits per heavy atom. The zero-order chi connectivity index (χ0) is 26.4. The maximum atomic E-state index is 14.1. The van der Waals surface area contributed by atoms with E-state index in [1.807, 2.05) is 4.57 Å². The number of aromatic amines is 1. The Morgan fingerprint density at radius 3 is 2.61 bits per heavy atom. The fourth-order valence-electron chi connectivity index (χ4n) is 5.78. The van der Waals surface area contributed by atoms with Crippen LogP contribution in [0.4, 0.5) is 19.1 Å². The summed E-state index contributed by atoms with van der Waals surface area (Å²) in [5, 5.41) is 14.4. The summed E-state index contributed by atoms with van der Waals surface area (Å²) in [4.78, 5) is 15.3. The summed E-state index contributed by atoms with van der Waals surface area (Å²) in [6.07, 6.45) is 3.56. The normalized spacial score (nSPS) is 22.4. The van der Waals surface area contributed by atoms with Gasteiger partial charge in [0.15, 0.2) is 5.82 Å². The highest BCUT2D eigenvalue weighted by molar-refractivity contribution is 6.30. The van der Waals surface area contributed by atoms with Gasteiger partial charge in [-0.05, 0) is 60.1 Å². The molecule has 200 valence electrons. The molecule has 5 heterocycles. The lowest BCUT2D eigenvalue weighted by Crippen LogP contribution is -2.42. The fraction of sp³-hybridized carbons (Fsp3) is 0.520. The second kappa shape index (κ2) is 9.79. The zero-order valence-electron chi connectivity index (χ0n) is 20.8. The third-order valence-corrected chi connectivity index (χ3v) is 7.94. The van der Waals surface area contributed by atoms with Gasteiger partial charge in [-0.15, -0.1) is 5.10 Å². The van der Waals surface area contributed by atoms with Crippen LogP contribution in [0.15, 0.2) is 24.5 Å². The number of H-pyrrole nitrogens is 1. The molecule has 0 radical (unpaired) electrons. The smallest absolute Gasteiger partial charge is 0.330 e. The summed E-state index contributed by atoms with van der Waals surface area (Å²) in [6.45, 7) is 3.10. The van der Waals surface area contributed by atoms with Crippen molar-refractivity contribution in [3.8, 4) is 22.8 Å². The number of fused-ring (bicyclic) bond motifs is 1. The summed E-state index contributed by atoms with van der Waals surface area (Å²) in [5.74, 6) is 1.64. The van der Waals surface area contributed by atoms with Crippen molar-refractivity contribution in [2.24, 2.45) is 11.8 Å². The number of hydrogen-bond acceptors (Lipinski definition) is 7. The van der Waals surface area contributed by atoms with E-state index in [0.717, 1.165) is 25.7 Å². The molecule has 4 aromatic heterocycles. The molecular weight excluding hydrogens is 519 g/mol. The molecule has 9 nitrogen and oxygen atoms in total. The first-order chi connectivity index (χ1) is 18.3. The minimum Gasteiger partial charge on any atom is -0.330 e. The molecule has 2 aliphatic rings. The fourth-order valence-corrected chi connectivity index (χ4v) is 5.96. The van der Waals surface area contributed by atoms with Crippen LogP contribution in [0.1, 0.15) is 45.4 Å². The number of aromatic nitrogens is 8. The molecule has 1 N–H and O–H groups in total. The third-order valence-electron chi connectivity index (χ3n) is 7.73. The summed E-state index contributed by atoms with van der Waals surface area (Å²) in [7, 11) is 0. The maximum absolute atomic E-state index is 14.1. The number of anilines is 1. The number of imidazole rings is 1. The molecule has 38 heavy (non-hydrogen) atoms. The first kappa shape index (κ1) is 25.0. The molecule has 1 aliphatic heterocycles. The molecule has 1 saturated heterocycles. The molecular formula is C25H27ClF3N9. The Kier molecular flexibility index (Phi) is 6.45. The third kappa shape index (κ3) is 4.70. The second-order valence-corrected chi connectivity index (χ2v) is 10.8. The predicted molar refractivity (Wildman–Crippen MR) is 136 cm³/mol. The van der Waals surface area contributed by atoms with Gasteiger partial charge in [-0.2, -0.15) is 13.2 Å². The molecule has 6 rings (SSSR count). The second-order valence-electron chi connectivity index (χ2n) is 10.4. The van der Waals surface area contributed by atoms with Crippen LogP contribution in [-0.2, 0) is 6.54 Å². The van der Waals surface area contributed by atoms with Crippen molar-refractivity contribution in [2.45, 2.75) is 64.2 Å². The number of tetrazole rings is 1. The van der Waals surface area contributed by atoms with Gasteiger partial charge in [-0.25, -0.2) is 15.1 Å². The van der Waals surface area contributed by atoms with Crippen LogP contribution in [0, 0.1) is 11.8 Å². The minimum absolute atomic E-state index is 0.0476. The van der Waals surface area contributed by atoms with Crippen molar-refractivity contribution >= 4 is 28.6 Å². The van der Waals surface area contributed by atoms with Crippen LogP contribution in [0.5, 0.6) is 0 Å². The van der Waals surface area contributed by atoms with E-state index in [0.29, 0.717) is 69.6 Å². The van der Waals surface area contributed by atoms with Crippen LogP contribution in [0.25, 0.3) is 33.8 Å². The monoisotopic (exact) mass is 545 g/mol. The van der Waals surface area contributed by atoms with Gasteiger partial charge in [0.2, 0.25) is 5.95 Å². The quantitative estimate of drug-likeness (QED) is 0.344. The largest absolute Gasteiger partial charge is 0.408 e. The van der Waals surface area contributed by atoms with E-state index in [9.17, 15) is 13.2 Å². The lowest BCUT2D eigenvalue weighted by Gasteiger charge is -2.31. The van der Waals surface area contributed by atoms with Crippen molar-refractivity contribution in [1.82, 2.24) is 40.1 Å². The van der Waals surface area contributed by atoms with E-state index in [2.05, 4.69) is 32.5 Å². The SMILES string of the molecule is C[C@H]1CC[C@H](Cn2c(N3CCCC3C(F)(F)F)nc3cc(-c4nnn[nH]4)nc(-c4cncc(Cl)c4)c32)CC1. The van der Waals surface area contributed by atoms with Crippen molar-refractivity contribution in [3.05, 3.63) is 29.5 Å². The highest BCUT2D eigenvalue weighted by Gasteiger charge is 2.47. The van der Waals surface area contributed by atoms with Crippen molar-refractivity contribution < 1.29 is 13.2 Å². The molecule has 0 amide bonds. The Balaban J connectivity index is 1.58. The number of halogens is 4. The first-order valence-electron chi connectivity index (χ1n) is 12.9. The molecule has 0 bridgehead atoms. The lowest BCUT2D eigenvalue weighted by molar-refractivity contribution is -0.146. The number of rotatable bonds is 5. The van der Waals surface area contributed by atoms with Crippen molar-refractivity contribution in [2.75, 3.05) is 11.4 Å². The van der Waals surface area contributed by atoms with Crippen molar-refractivity contribution in [3.63, 3.8) is 0 Å². The highest BCUT2D eigenvalue weighted by atomic mass is 35.5. The van der Waals surface area contributed by atoms with Gasteiger partial charge in [-0.1, -0.05) is 31.4 Å². The number of pyridine rings is 2. The van der Waals surface area contributed by atoms with Crippen LogP contribution < -0.4 is 4.90 Å². The number of alkyl halides is 3. The van der Waals surface area contributed by atoms with E-state index in [1.165, 1.54) is 11.1 Å². The molecule has 0 aromatic carbocycles. The molecule has 1 atom stereocenters. The topological polar surface area (TPSA) is 101 Å². The molecule has 1 unspecified atom stereocenters. The summed E-state index contributed by atoms with van der Waals surface area (Å²) >= 11 is 6.29. The lowest BCUT2D eigenvalue weighted by atomic mass is 9.83. The van der Waals surface area contributed by atoms with E-state index >= 15 is 0 Å². The van der Waals surface area contributed by atoms with Crippen LogP contribution in [0.3, 0.4) is 0 Å². The average Bonchev–Trinajstić information content (AvgIpc) is 3.65. The predicted octanol–water partition coefficient (Wildman–Crippen LogP) is 5.68. The van der Waals surface area contributed by atoms with Gasteiger partial charge in [0.1, 0.15) is 11.7 Å². The average molecular weight is 546 g/mol. The zero-order valence-corrected chi connectivity index (χ0v) is 21.5. The Labute approximate surface area is 221 Å². The number of nitrogens with one attached hydrogen (secondary N) is 1. The number of hydrogen-bond donors (Lipinski definition) is 1. The van der Waals surface area contributed by atoms with E-state index < -0.39 is 12.2 Å². The Bertz CT molecular complexity index is 1430. The summed E-state index contributed by atoms with van der Waals surface area (Å²) in [5.41, 5.74) is 2.76. The molecule has 13 heteroatoms. The van der Waals surface area contributed by atoms with E-state index in [4.69, 9.17) is 21.6 Å². The maximum Gasteiger partial charge on any atom is 0.408 e. The molecule has 0 spiro atoms. The van der Waals surface area contributed by atoms with Gasteiger partial charge < -0.3 is 9.47 Å². The molecule has 1 aliphatic carbocycles. The minimum atomic E-state index is -4.35. The Morgan fingerprint density at radius 1 is 1.08 bits per heavy atom. The van der Waals surface area contributed by atoms with Gasteiger partial charge in [0.05, 0.1) is 21.7 Å². The molecule has 1 saturated carbocycles. The number of nitrogens with zero attached hydrogens (tertiary/aromatic N) is 8. The summed E-state index contributed by atoms with van der Waals surface area (Å²) < 4.78 is 44.2. The van der Waals surface area contributed by atoms with Crippen LogP contribution >= 0.6 is 11.6 Å². The van der Waals surface area contributed by atoms with Gasteiger partial charge in [-0.3, -0.25) is 4.98 Å². The van der Waals surface area contributed by atoms with E-state index in [1.54, 1.807) is 18.3 Å². The first-order valence-corrected chi connectivity index (χ1v) is 13.3. The van der Waals surface area contributed by atoms with Gasteiger partial charge >= 0.3 is 6.18 Å². The van der Waals surface area contributed by atoms with Crippen molar-refractivity contribution in [1.29, 1.82) is 0 Å². The van der Waals surface area contributed by atoms with Gasteiger partial charge in [0.25, 0.3) is 0 Å². The molecule has 4 aromatic rings. The molecule has 2 fully saturated rings.